The average molecular weight is 332 g/mol. The maximum Gasteiger partial charge on any atom is 0.305 e. The summed E-state index contributed by atoms with van der Waals surface area (Å²) in [7, 11) is 0. The average Bonchev–Trinajstić information content (AvgIpc) is 2.89. The molecule has 1 aromatic carbocycles. The van der Waals surface area contributed by atoms with Crippen LogP contribution in [-0.4, -0.2) is 22.0 Å². The van der Waals surface area contributed by atoms with E-state index >= 15 is 0 Å². The van der Waals surface area contributed by atoms with Crippen LogP contribution < -0.4 is 5.32 Å². The Hall–Kier alpha value is -2.21. The Morgan fingerprint density at radius 1 is 1.26 bits per heavy atom. The fourth-order valence-corrected chi connectivity index (χ4v) is 3.31. The van der Waals surface area contributed by atoms with Crippen LogP contribution in [0.1, 0.15) is 58.2 Å². The van der Waals surface area contributed by atoms with Crippen LogP contribution in [0.4, 0.5) is 0 Å². The van der Waals surface area contributed by atoms with Gasteiger partial charge in [-0.2, -0.15) is 0 Å². The Kier molecular flexibility index (Phi) is 5.50. The standard InChI is InChI=1S/C17H20N2O3S/c1-10(2)15-16(23-11(3)18-15)17(22)19-13(9-14(20)21)12-7-5-4-6-8-12/h4-8,10,13H,9H2,1-3H3,(H,19,22)(H,20,21). The minimum absolute atomic E-state index is 0.135. The number of thiazole rings is 1. The summed E-state index contributed by atoms with van der Waals surface area (Å²) >= 11 is 1.34. The van der Waals surface area contributed by atoms with Gasteiger partial charge in [-0.3, -0.25) is 9.59 Å². The Labute approximate surface area is 139 Å². The van der Waals surface area contributed by atoms with Crippen molar-refractivity contribution in [3.05, 3.63) is 51.5 Å². The molecule has 1 heterocycles. The molecule has 6 heteroatoms. The Balaban J connectivity index is 2.26. The second kappa shape index (κ2) is 7.37. The number of hydrogen-bond donors (Lipinski definition) is 2. The van der Waals surface area contributed by atoms with Gasteiger partial charge < -0.3 is 10.4 Å². The lowest BCUT2D eigenvalue weighted by Crippen LogP contribution is -2.30. The molecule has 1 atom stereocenters. The van der Waals surface area contributed by atoms with Crippen molar-refractivity contribution in [2.75, 3.05) is 0 Å². The summed E-state index contributed by atoms with van der Waals surface area (Å²) in [4.78, 5) is 28.7. The number of carbonyl (C=O) groups excluding carboxylic acids is 1. The van der Waals surface area contributed by atoms with Gasteiger partial charge in [0.15, 0.2) is 0 Å². The van der Waals surface area contributed by atoms with Crippen LogP contribution in [0.5, 0.6) is 0 Å². The van der Waals surface area contributed by atoms with E-state index in [4.69, 9.17) is 5.11 Å². The highest BCUT2D eigenvalue weighted by Gasteiger charge is 2.23. The number of rotatable bonds is 6. The molecule has 5 nitrogen and oxygen atoms in total. The molecule has 1 aromatic heterocycles. The van der Waals surface area contributed by atoms with Crippen molar-refractivity contribution in [2.24, 2.45) is 0 Å². The van der Waals surface area contributed by atoms with Crippen LogP contribution in [0.15, 0.2) is 30.3 Å². The molecular weight excluding hydrogens is 312 g/mol. The molecule has 23 heavy (non-hydrogen) atoms. The minimum atomic E-state index is -0.955. The second-order valence-electron chi connectivity index (χ2n) is 5.64. The van der Waals surface area contributed by atoms with Gasteiger partial charge in [-0.15, -0.1) is 11.3 Å². The zero-order valence-electron chi connectivity index (χ0n) is 13.4. The number of aliphatic carboxylic acids is 1. The predicted molar refractivity (Wildman–Crippen MR) is 89.8 cm³/mol. The van der Waals surface area contributed by atoms with Crippen molar-refractivity contribution < 1.29 is 14.7 Å². The lowest BCUT2D eigenvalue weighted by Gasteiger charge is -2.17. The first-order valence-electron chi connectivity index (χ1n) is 7.43. The van der Waals surface area contributed by atoms with Crippen LogP contribution in [-0.2, 0) is 4.79 Å². The molecule has 1 unspecified atom stereocenters. The number of carboxylic acids is 1. The number of amides is 1. The first kappa shape index (κ1) is 17.1. The van der Waals surface area contributed by atoms with Crippen molar-refractivity contribution >= 4 is 23.2 Å². The summed E-state index contributed by atoms with van der Waals surface area (Å²) in [5, 5.41) is 12.8. The third-order valence-corrected chi connectivity index (χ3v) is 4.38. The van der Waals surface area contributed by atoms with Gasteiger partial charge in [-0.05, 0) is 18.4 Å². The highest BCUT2D eigenvalue weighted by Crippen LogP contribution is 2.26. The lowest BCUT2D eigenvalue weighted by molar-refractivity contribution is -0.137. The maximum absolute atomic E-state index is 12.6. The monoisotopic (exact) mass is 332 g/mol. The smallest absolute Gasteiger partial charge is 0.305 e. The first-order valence-corrected chi connectivity index (χ1v) is 8.25. The molecule has 0 aliphatic carbocycles. The largest absolute Gasteiger partial charge is 0.481 e. The number of carboxylic acid groups (broad SMARTS) is 1. The third-order valence-electron chi connectivity index (χ3n) is 3.40. The van der Waals surface area contributed by atoms with Crippen LogP contribution >= 0.6 is 11.3 Å². The van der Waals surface area contributed by atoms with Crippen LogP contribution in [0.3, 0.4) is 0 Å². The number of carbonyl (C=O) groups is 2. The summed E-state index contributed by atoms with van der Waals surface area (Å²) in [6.45, 7) is 5.83. The van der Waals surface area contributed by atoms with Gasteiger partial charge >= 0.3 is 5.97 Å². The van der Waals surface area contributed by atoms with Gasteiger partial charge in [0.25, 0.3) is 5.91 Å². The SMILES string of the molecule is Cc1nc(C(C)C)c(C(=O)NC(CC(=O)O)c2ccccc2)s1. The number of aryl methyl sites for hydroxylation is 1. The second-order valence-corrected chi connectivity index (χ2v) is 6.84. The van der Waals surface area contributed by atoms with E-state index in [2.05, 4.69) is 10.3 Å². The van der Waals surface area contributed by atoms with E-state index in [1.165, 1.54) is 11.3 Å². The Bertz CT molecular complexity index is 695. The molecule has 1 amide bonds. The Morgan fingerprint density at radius 2 is 1.91 bits per heavy atom. The Morgan fingerprint density at radius 3 is 2.48 bits per heavy atom. The van der Waals surface area contributed by atoms with E-state index < -0.39 is 12.0 Å². The number of nitrogens with zero attached hydrogens (tertiary/aromatic N) is 1. The molecule has 0 aliphatic heterocycles. The topological polar surface area (TPSA) is 79.3 Å². The number of hydrogen-bond acceptors (Lipinski definition) is 4. The fraction of sp³-hybridized carbons (Fsp3) is 0.353. The van der Waals surface area contributed by atoms with Crippen LogP contribution in [0.2, 0.25) is 0 Å². The van der Waals surface area contributed by atoms with Crippen molar-refractivity contribution in [3.63, 3.8) is 0 Å². The van der Waals surface area contributed by atoms with E-state index in [-0.39, 0.29) is 18.2 Å². The summed E-state index contributed by atoms with van der Waals surface area (Å²) in [5.74, 6) is -1.09. The molecule has 2 aromatic rings. The van der Waals surface area contributed by atoms with Crippen molar-refractivity contribution in [1.29, 1.82) is 0 Å². The zero-order chi connectivity index (χ0) is 17.0. The summed E-state index contributed by atoms with van der Waals surface area (Å²) in [6.07, 6.45) is -0.162. The third kappa shape index (κ3) is 4.39. The molecule has 0 spiro atoms. The molecule has 0 fully saturated rings. The number of benzene rings is 1. The van der Waals surface area contributed by atoms with Crippen molar-refractivity contribution in [3.8, 4) is 0 Å². The maximum atomic E-state index is 12.6. The minimum Gasteiger partial charge on any atom is -0.481 e. The van der Waals surface area contributed by atoms with Crippen molar-refractivity contribution in [1.82, 2.24) is 10.3 Å². The van der Waals surface area contributed by atoms with Gasteiger partial charge in [0.05, 0.1) is 23.2 Å². The van der Waals surface area contributed by atoms with Gasteiger partial charge in [0, 0.05) is 0 Å². The quantitative estimate of drug-likeness (QED) is 0.848. The summed E-state index contributed by atoms with van der Waals surface area (Å²) < 4.78 is 0. The number of aromatic nitrogens is 1. The van der Waals surface area contributed by atoms with E-state index in [0.717, 1.165) is 16.3 Å². The van der Waals surface area contributed by atoms with E-state index in [1.807, 2.05) is 51.1 Å². The molecule has 0 saturated carbocycles. The molecule has 0 saturated heterocycles. The van der Waals surface area contributed by atoms with Gasteiger partial charge in [0.1, 0.15) is 4.88 Å². The molecular formula is C17H20N2O3S. The molecule has 122 valence electrons. The van der Waals surface area contributed by atoms with Gasteiger partial charge in [0.2, 0.25) is 0 Å². The first-order chi connectivity index (χ1) is 10.9. The van der Waals surface area contributed by atoms with Gasteiger partial charge in [-0.25, -0.2) is 4.98 Å². The highest BCUT2D eigenvalue weighted by molar-refractivity contribution is 7.13. The summed E-state index contributed by atoms with van der Waals surface area (Å²) in [5.41, 5.74) is 1.53. The van der Waals surface area contributed by atoms with Crippen LogP contribution in [0, 0.1) is 6.92 Å². The van der Waals surface area contributed by atoms with E-state index in [9.17, 15) is 9.59 Å². The predicted octanol–water partition coefficient (Wildman–Crippen LogP) is 3.52. The number of nitrogens with one attached hydrogen (secondary N) is 1. The van der Waals surface area contributed by atoms with Crippen LogP contribution in [0.25, 0.3) is 0 Å². The van der Waals surface area contributed by atoms with Crippen molar-refractivity contribution in [2.45, 2.75) is 39.2 Å². The van der Waals surface area contributed by atoms with E-state index in [0.29, 0.717) is 4.88 Å². The molecule has 0 bridgehead atoms. The molecule has 0 aliphatic rings. The summed E-state index contributed by atoms with van der Waals surface area (Å²) in [6, 6.07) is 8.57. The zero-order valence-corrected chi connectivity index (χ0v) is 14.2. The van der Waals surface area contributed by atoms with Gasteiger partial charge in [-0.1, -0.05) is 44.2 Å². The lowest BCUT2D eigenvalue weighted by atomic mass is 10.0. The van der Waals surface area contributed by atoms with E-state index in [1.54, 1.807) is 0 Å². The molecule has 2 rings (SSSR count). The molecule has 0 radical (unpaired) electrons. The normalized spacial score (nSPS) is 12.2. The molecule has 2 N–H and O–H groups in total. The fourth-order valence-electron chi connectivity index (χ4n) is 2.33. The highest BCUT2D eigenvalue weighted by atomic mass is 32.1.